The average molecular weight is 303 g/mol. The van der Waals surface area contributed by atoms with Crippen LogP contribution in [-0.4, -0.2) is 19.5 Å². The maximum atomic E-state index is 12.1. The molecule has 0 bridgehead atoms. The minimum absolute atomic E-state index is 0.00483. The van der Waals surface area contributed by atoms with E-state index in [1.54, 1.807) is 48.5 Å². The predicted octanol–water partition coefficient (Wildman–Crippen LogP) is 2.09. The number of nitrogens with one attached hydrogen (secondary N) is 1. The molecule has 0 unspecified atom stereocenters. The number of hydrogen-bond acceptors (Lipinski definition) is 3. The molecule has 0 amide bonds. The molecule has 0 atom stereocenters. The van der Waals surface area contributed by atoms with Crippen molar-refractivity contribution in [2.45, 2.75) is 4.90 Å². The zero-order valence-corrected chi connectivity index (χ0v) is 11.7. The van der Waals surface area contributed by atoms with Gasteiger partial charge in [0.1, 0.15) is 5.70 Å². The topological polar surface area (TPSA) is 83.5 Å². The van der Waals surface area contributed by atoms with Crippen molar-refractivity contribution in [2.75, 3.05) is 0 Å². The van der Waals surface area contributed by atoms with Crippen LogP contribution in [0, 0.1) is 0 Å². The first kappa shape index (κ1) is 14.8. The summed E-state index contributed by atoms with van der Waals surface area (Å²) in [6, 6.07) is 16.2. The minimum Gasteiger partial charge on any atom is -0.477 e. The van der Waals surface area contributed by atoms with Crippen LogP contribution in [0.2, 0.25) is 0 Å². The summed E-state index contributed by atoms with van der Waals surface area (Å²) in [7, 11) is -3.92. The van der Waals surface area contributed by atoms with E-state index >= 15 is 0 Å². The van der Waals surface area contributed by atoms with E-state index < -0.39 is 21.7 Å². The van der Waals surface area contributed by atoms with Crippen molar-refractivity contribution >= 4 is 22.1 Å². The van der Waals surface area contributed by atoms with Gasteiger partial charge >= 0.3 is 5.97 Å². The second kappa shape index (κ2) is 6.23. The van der Waals surface area contributed by atoms with Crippen molar-refractivity contribution in [3.63, 3.8) is 0 Å². The molecule has 0 aliphatic heterocycles. The molecule has 6 heteroatoms. The largest absolute Gasteiger partial charge is 0.477 e. The van der Waals surface area contributed by atoms with Crippen molar-refractivity contribution < 1.29 is 18.3 Å². The Morgan fingerprint density at radius 1 is 0.952 bits per heavy atom. The second-order valence-electron chi connectivity index (χ2n) is 4.19. The molecule has 0 spiro atoms. The van der Waals surface area contributed by atoms with E-state index in [0.29, 0.717) is 5.56 Å². The summed E-state index contributed by atoms with van der Waals surface area (Å²) in [6.45, 7) is 0. The zero-order chi connectivity index (χ0) is 15.3. The van der Waals surface area contributed by atoms with Gasteiger partial charge in [-0.05, 0) is 23.8 Å². The van der Waals surface area contributed by atoms with Crippen LogP contribution in [0.4, 0.5) is 0 Å². The van der Waals surface area contributed by atoms with Crippen molar-refractivity contribution in [3.8, 4) is 0 Å². The van der Waals surface area contributed by atoms with Crippen LogP contribution in [0.5, 0.6) is 0 Å². The molecule has 0 saturated heterocycles. The van der Waals surface area contributed by atoms with E-state index in [4.69, 9.17) is 5.11 Å². The third-order valence-electron chi connectivity index (χ3n) is 2.64. The highest BCUT2D eigenvalue weighted by molar-refractivity contribution is 7.89. The van der Waals surface area contributed by atoms with Gasteiger partial charge in [-0.2, -0.15) is 0 Å². The molecule has 5 nitrogen and oxygen atoms in total. The van der Waals surface area contributed by atoms with Gasteiger partial charge in [0, 0.05) is 0 Å². The molecule has 2 aromatic carbocycles. The second-order valence-corrected chi connectivity index (χ2v) is 5.87. The number of carboxylic acids is 1. The molecule has 2 rings (SSSR count). The fourth-order valence-electron chi connectivity index (χ4n) is 1.65. The molecular formula is C15H13NO4S. The summed E-state index contributed by atoms with van der Waals surface area (Å²) in [4.78, 5) is 11.2. The van der Waals surface area contributed by atoms with E-state index in [2.05, 4.69) is 4.72 Å². The van der Waals surface area contributed by atoms with E-state index in [1.165, 1.54) is 18.2 Å². The van der Waals surface area contributed by atoms with Crippen molar-refractivity contribution in [1.29, 1.82) is 0 Å². The third-order valence-corrected chi connectivity index (χ3v) is 4.02. The fraction of sp³-hybridized carbons (Fsp3) is 0. The maximum absolute atomic E-state index is 12.1. The Kier molecular flexibility index (Phi) is 4.39. The number of aliphatic carboxylic acids is 1. The first-order valence-corrected chi connectivity index (χ1v) is 7.55. The lowest BCUT2D eigenvalue weighted by molar-refractivity contribution is -0.132. The highest BCUT2D eigenvalue weighted by atomic mass is 32.2. The summed E-state index contributed by atoms with van der Waals surface area (Å²) in [5.74, 6) is -1.35. The van der Waals surface area contributed by atoms with E-state index in [0.717, 1.165) is 0 Å². The molecule has 2 aromatic rings. The van der Waals surface area contributed by atoms with Crippen LogP contribution in [0.25, 0.3) is 6.08 Å². The number of carboxylic acid groups (broad SMARTS) is 1. The fourth-order valence-corrected chi connectivity index (χ4v) is 2.72. The Morgan fingerprint density at radius 2 is 1.48 bits per heavy atom. The molecule has 21 heavy (non-hydrogen) atoms. The van der Waals surface area contributed by atoms with Gasteiger partial charge in [0.15, 0.2) is 0 Å². The number of carbonyl (C=O) groups is 1. The van der Waals surface area contributed by atoms with Gasteiger partial charge in [-0.15, -0.1) is 0 Å². The monoisotopic (exact) mass is 303 g/mol. The van der Waals surface area contributed by atoms with Gasteiger partial charge in [0.25, 0.3) is 10.0 Å². The molecular weight excluding hydrogens is 290 g/mol. The molecule has 0 saturated carbocycles. The third kappa shape index (κ3) is 3.93. The maximum Gasteiger partial charge on any atom is 0.352 e. The Labute approximate surface area is 122 Å². The van der Waals surface area contributed by atoms with E-state index in [-0.39, 0.29) is 4.90 Å². The highest BCUT2D eigenvalue weighted by Crippen LogP contribution is 2.11. The minimum atomic E-state index is -3.92. The number of hydrogen-bond donors (Lipinski definition) is 2. The van der Waals surface area contributed by atoms with Crippen LogP contribution in [-0.2, 0) is 14.8 Å². The van der Waals surface area contributed by atoms with Crippen LogP contribution in [0.1, 0.15) is 5.56 Å². The molecule has 0 aliphatic carbocycles. The van der Waals surface area contributed by atoms with Crippen LogP contribution < -0.4 is 4.72 Å². The summed E-state index contributed by atoms with van der Waals surface area (Å²) in [6.07, 6.45) is 1.27. The lowest BCUT2D eigenvalue weighted by Gasteiger charge is -2.08. The quantitative estimate of drug-likeness (QED) is 0.828. The van der Waals surface area contributed by atoms with Gasteiger partial charge in [0.05, 0.1) is 4.90 Å². The molecule has 0 heterocycles. The van der Waals surface area contributed by atoms with Gasteiger partial charge in [-0.1, -0.05) is 48.5 Å². The highest BCUT2D eigenvalue weighted by Gasteiger charge is 2.18. The lowest BCUT2D eigenvalue weighted by Crippen LogP contribution is -2.27. The van der Waals surface area contributed by atoms with Crippen molar-refractivity contribution in [1.82, 2.24) is 4.72 Å². The normalized spacial score (nSPS) is 11.9. The molecule has 2 N–H and O–H groups in total. The Balaban J connectivity index is 2.34. The molecule has 0 radical (unpaired) electrons. The predicted molar refractivity (Wildman–Crippen MR) is 78.8 cm³/mol. The standard InChI is InChI=1S/C15H13NO4S/c17-15(18)14(11-12-7-3-1-4-8-12)16-21(19,20)13-9-5-2-6-10-13/h1-11,16H,(H,17,18). The smallest absolute Gasteiger partial charge is 0.352 e. The number of sulfonamides is 1. The summed E-state index contributed by atoms with van der Waals surface area (Å²) in [5.41, 5.74) is 0.177. The Morgan fingerprint density at radius 3 is 2.00 bits per heavy atom. The first-order valence-electron chi connectivity index (χ1n) is 6.07. The summed E-state index contributed by atoms with van der Waals surface area (Å²) >= 11 is 0. The van der Waals surface area contributed by atoms with Gasteiger partial charge in [0.2, 0.25) is 0 Å². The van der Waals surface area contributed by atoms with E-state index in [1.807, 2.05) is 0 Å². The molecule has 0 aromatic heterocycles. The van der Waals surface area contributed by atoms with Crippen molar-refractivity contribution in [2.24, 2.45) is 0 Å². The Bertz CT molecular complexity index is 753. The molecule has 0 aliphatic rings. The SMILES string of the molecule is O=C(O)C(=Cc1ccccc1)NS(=O)(=O)c1ccccc1. The average Bonchev–Trinajstić information content (AvgIpc) is 2.48. The molecule has 108 valence electrons. The van der Waals surface area contributed by atoms with Crippen LogP contribution in [0.3, 0.4) is 0 Å². The van der Waals surface area contributed by atoms with Crippen molar-refractivity contribution in [3.05, 3.63) is 71.9 Å². The molecule has 0 fully saturated rings. The van der Waals surface area contributed by atoms with Gasteiger partial charge in [-0.3, -0.25) is 4.72 Å². The van der Waals surface area contributed by atoms with E-state index in [9.17, 15) is 13.2 Å². The Hall–Kier alpha value is -2.60. The number of benzene rings is 2. The zero-order valence-electron chi connectivity index (χ0n) is 10.9. The summed E-state index contributed by atoms with van der Waals surface area (Å²) < 4.78 is 26.3. The number of rotatable bonds is 5. The first-order chi connectivity index (χ1) is 9.99. The lowest BCUT2D eigenvalue weighted by atomic mass is 10.2. The van der Waals surface area contributed by atoms with Crippen LogP contribution >= 0.6 is 0 Å². The van der Waals surface area contributed by atoms with Crippen LogP contribution in [0.15, 0.2) is 71.3 Å². The summed E-state index contributed by atoms with van der Waals surface area (Å²) in [5, 5.41) is 9.15. The van der Waals surface area contributed by atoms with Gasteiger partial charge in [-0.25, -0.2) is 13.2 Å². The van der Waals surface area contributed by atoms with Gasteiger partial charge < -0.3 is 5.11 Å².